The number of rotatable bonds is 4. The van der Waals surface area contributed by atoms with Gasteiger partial charge in [0.25, 0.3) is 0 Å². The summed E-state index contributed by atoms with van der Waals surface area (Å²) in [4.78, 5) is 5.33. The van der Waals surface area contributed by atoms with Crippen molar-refractivity contribution in [2.75, 3.05) is 19.7 Å². The zero-order valence-corrected chi connectivity index (χ0v) is 15.3. The molecule has 3 rings (SSSR count). The minimum atomic E-state index is 0.0215. The van der Waals surface area contributed by atoms with Crippen LogP contribution < -0.4 is 0 Å². The Balaban J connectivity index is 1.66. The van der Waals surface area contributed by atoms with Gasteiger partial charge in [-0.1, -0.05) is 20.8 Å². The van der Waals surface area contributed by atoms with Gasteiger partial charge in [0, 0.05) is 35.9 Å². The van der Waals surface area contributed by atoms with Crippen molar-refractivity contribution in [2.24, 2.45) is 0 Å². The number of hydrogen-bond acceptors (Lipinski definition) is 5. The summed E-state index contributed by atoms with van der Waals surface area (Å²) in [5.41, 5.74) is 0.230. The quantitative estimate of drug-likeness (QED) is 0.861. The van der Waals surface area contributed by atoms with Crippen molar-refractivity contribution in [1.29, 1.82) is 0 Å². The van der Waals surface area contributed by atoms with Crippen molar-refractivity contribution in [3.05, 3.63) is 34.0 Å². The van der Waals surface area contributed by atoms with E-state index in [4.69, 9.17) is 4.74 Å². The maximum atomic E-state index is 5.93. The van der Waals surface area contributed by atoms with Gasteiger partial charge in [0.2, 0.25) is 0 Å². The second-order valence-electron chi connectivity index (χ2n) is 7.09. The van der Waals surface area contributed by atoms with E-state index in [1.807, 2.05) is 11.3 Å². The molecule has 2 aromatic heterocycles. The molecule has 0 aliphatic carbocycles. The summed E-state index contributed by atoms with van der Waals surface area (Å²) < 4.78 is 8.00. The van der Waals surface area contributed by atoms with E-state index in [1.54, 1.807) is 6.33 Å². The molecule has 0 amide bonds. The van der Waals surface area contributed by atoms with Gasteiger partial charge in [0.05, 0.1) is 6.61 Å². The summed E-state index contributed by atoms with van der Waals surface area (Å²) in [6.07, 6.45) is 1.81. The first-order valence-corrected chi connectivity index (χ1v) is 9.10. The number of aryl methyl sites for hydroxylation is 1. The largest absolute Gasteiger partial charge is 0.368 e. The molecule has 0 saturated carbocycles. The molecule has 0 N–H and O–H groups in total. The van der Waals surface area contributed by atoms with Gasteiger partial charge < -0.3 is 9.30 Å². The van der Waals surface area contributed by atoms with Gasteiger partial charge >= 0.3 is 0 Å². The van der Waals surface area contributed by atoms with Crippen LogP contribution in [0.15, 0.2) is 18.5 Å². The lowest BCUT2D eigenvalue weighted by Gasteiger charge is -2.32. The molecular formula is C17H26N4OS. The number of morpholine rings is 1. The fourth-order valence-corrected chi connectivity index (χ4v) is 3.95. The number of hydrogen-bond donors (Lipinski definition) is 0. The Morgan fingerprint density at radius 1 is 1.35 bits per heavy atom. The molecule has 0 spiro atoms. The highest BCUT2D eigenvalue weighted by molar-refractivity contribution is 7.12. The molecule has 3 heterocycles. The number of nitrogens with zero attached hydrogens (tertiary/aromatic N) is 4. The van der Waals surface area contributed by atoms with Gasteiger partial charge in [-0.2, -0.15) is 0 Å². The normalized spacial score (nSPS) is 20.1. The zero-order valence-electron chi connectivity index (χ0n) is 14.5. The third-order valence-corrected chi connectivity index (χ3v) is 5.70. The predicted octanol–water partition coefficient (Wildman–Crippen LogP) is 3.23. The Hall–Kier alpha value is -1.24. The van der Waals surface area contributed by atoms with Gasteiger partial charge in [-0.15, -0.1) is 21.5 Å². The van der Waals surface area contributed by atoms with E-state index in [-0.39, 0.29) is 11.5 Å². The predicted molar refractivity (Wildman–Crippen MR) is 92.7 cm³/mol. The molecule has 1 atom stereocenters. The van der Waals surface area contributed by atoms with E-state index in [0.717, 1.165) is 38.6 Å². The molecule has 23 heavy (non-hydrogen) atoms. The highest BCUT2D eigenvalue weighted by atomic mass is 32.1. The first kappa shape index (κ1) is 16.6. The Morgan fingerprint density at radius 2 is 2.17 bits per heavy atom. The van der Waals surface area contributed by atoms with Gasteiger partial charge in [0.1, 0.15) is 12.4 Å². The van der Waals surface area contributed by atoms with Crippen molar-refractivity contribution in [3.8, 4) is 0 Å². The van der Waals surface area contributed by atoms with E-state index in [1.165, 1.54) is 9.75 Å². The Morgan fingerprint density at radius 3 is 2.87 bits per heavy atom. The minimum Gasteiger partial charge on any atom is -0.368 e. The molecule has 0 radical (unpaired) electrons. The van der Waals surface area contributed by atoms with Crippen LogP contribution >= 0.6 is 11.3 Å². The zero-order chi connectivity index (χ0) is 16.4. The Labute approximate surface area is 142 Å². The molecule has 1 fully saturated rings. The van der Waals surface area contributed by atoms with Crippen LogP contribution in [-0.4, -0.2) is 39.4 Å². The SMILES string of the molecule is CCn1cnnc1[C@@H]1CN(Cc2ccc(C(C)(C)C)s2)CCO1. The molecule has 0 bridgehead atoms. The summed E-state index contributed by atoms with van der Waals surface area (Å²) >= 11 is 1.92. The summed E-state index contributed by atoms with van der Waals surface area (Å²) in [6, 6.07) is 4.54. The number of thiophene rings is 1. The van der Waals surface area contributed by atoms with Crippen LogP contribution in [0.5, 0.6) is 0 Å². The van der Waals surface area contributed by atoms with Crippen LogP contribution in [0.3, 0.4) is 0 Å². The Kier molecular flexibility index (Phi) is 4.85. The fourth-order valence-electron chi connectivity index (χ4n) is 2.85. The minimum absolute atomic E-state index is 0.0215. The third kappa shape index (κ3) is 3.82. The lowest BCUT2D eigenvalue weighted by Crippen LogP contribution is -2.38. The van der Waals surface area contributed by atoms with Crippen molar-refractivity contribution >= 4 is 11.3 Å². The average Bonchev–Trinajstić information content (AvgIpc) is 3.15. The van der Waals surface area contributed by atoms with E-state index in [0.29, 0.717) is 0 Å². The molecule has 6 heteroatoms. The van der Waals surface area contributed by atoms with E-state index >= 15 is 0 Å². The monoisotopic (exact) mass is 334 g/mol. The standard InChI is InChI=1S/C17H26N4OS/c1-5-21-12-18-19-16(21)14-11-20(8-9-22-14)10-13-6-7-15(23-13)17(2,3)4/h6-7,12,14H,5,8-11H2,1-4H3/t14-/m0/s1. The smallest absolute Gasteiger partial charge is 0.163 e. The van der Waals surface area contributed by atoms with Crippen LogP contribution in [0.4, 0.5) is 0 Å². The van der Waals surface area contributed by atoms with E-state index in [2.05, 4.69) is 59.5 Å². The third-order valence-electron chi connectivity index (χ3n) is 4.21. The maximum Gasteiger partial charge on any atom is 0.163 e. The van der Waals surface area contributed by atoms with Crippen molar-refractivity contribution < 1.29 is 4.74 Å². The summed E-state index contributed by atoms with van der Waals surface area (Å²) in [6.45, 7) is 13.4. The summed E-state index contributed by atoms with van der Waals surface area (Å²) in [5.74, 6) is 0.943. The maximum absolute atomic E-state index is 5.93. The van der Waals surface area contributed by atoms with E-state index in [9.17, 15) is 0 Å². The van der Waals surface area contributed by atoms with Crippen molar-refractivity contribution in [3.63, 3.8) is 0 Å². The van der Waals surface area contributed by atoms with Crippen LogP contribution in [0.2, 0.25) is 0 Å². The number of aromatic nitrogens is 3. The highest BCUT2D eigenvalue weighted by Gasteiger charge is 2.26. The van der Waals surface area contributed by atoms with Gasteiger partial charge in [-0.05, 0) is 24.5 Å². The van der Waals surface area contributed by atoms with Crippen molar-refractivity contribution in [2.45, 2.75) is 52.3 Å². The summed E-state index contributed by atoms with van der Waals surface area (Å²) in [5, 5.41) is 8.28. The molecular weight excluding hydrogens is 308 g/mol. The first-order chi connectivity index (χ1) is 11.0. The Bertz CT molecular complexity index is 643. The van der Waals surface area contributed by atoms with Crippen LogP contribution in [-0.2, 0) is 23.2 Å². The number of ether oxygens (including phenoxy) is 1. The lowest BCUT2D eigenvalue weighted by atomic mass is 9.95. The molecule has 0 aromatic carbocycles. The van der Waals surface area contributed by atoms with Gasteiger partial charge in [-0.25, -0.2) is 0 Å². The molecule has 126 valence electrons. The van der Waals surface area contributed by atoms with Gasteiger partial charge in [-0.3, -0.25) is 4.90 Å². The van der Waals surface area contributed by atoms with Crippen LogP contribution in [0, 0.1) is 0 Å². The molecule has 5 nitrogen and oxygen atoms in total. The molecule has 1 aliphatic heterocycles. The second-order valence-corrected chi connectivity index (χ2v) is 8.25. The van der Waals surface area contributed by atoms with E-state index < -0.39 is 0 Å². The average molecular weight is 334 g/mol. The topological polar surface area (TPSA) is 43.2 Å². The highest BCUT2D eigenvalue weighted by Crippen LogP contribution is 2.31. The first-order valence-electron chi connectivity index (χ1n) is 8.28. The second kappa shape index (κ2) is 6.71. The lowest BCUT2D eigenvalue weighted by molar-refractivity contribution is -0.0385. The molecule has 1 saturated heterocycles. The van der Waals surface area contributed by atoms with Crippen LogP contribution in [0.25, 0.3) is 0 Å². The molecule has 0 unspecified atom stereocenters. The fraction of sp³-hybridized carbons (Fsp3) is 0.647. The van der Waals surface area contributed by atoms with Gasteiger partial charge in [0.15, 0.2) is 5.82 Å². The van der Waals surface area contributed by atoms with Crippen molar-refractivity contribution in [1.82, 2.24) is 19.7 Å². The van der Waals surface area contributed by atoms with Crippen LogP contribution in [0.1, 0.15) is 49.4 Å². The molecule has 1 aliphatic rings. The summed E-state index contributed by atoms with van der Waals surface area (Å²) in [7, 11) is 0. The molecule has 2 aromatic rings.